The summed E-state index contributed by atoms with van der Waals surface area (Å²) in [7, 11) is 0. The van der Waals surface area contributed by atoms with Gasteiger partial charge in [-0.05, 0) is 53.0 Å². The number of hydrogen-bond donors (Lipinski definition) is 1. The molecule has 31 heavy (non-hydrogen) atoms. The van der Waals surface area contributed by atoms with Crippen molar-refractivity contribution < 1.29 is 16.1 Å². The standard InChI is InChI=1S/C12H23NO3.C9H12.3C2H6.H2/c1-5-16-9-13(7-6-8-14)12(15)11(4)10(2)3;1-3-9-6-4-8(2)5-7-9;3*1-2;/h14H,5-9H2,1-4H3;4-7H,3H2,1-2H3;3*1-2H3;1H. The Balaban J connectivity index is -0.000000129. The Bertz CT molecular complexity index is 516. The van der Waals surface area contributed by atoms with Crippen LogP contribution in [0.1, 0.15) is 95.1 Å². The van der Waals surface area contributed by atoms with E-state index in [4.69, 9.17) is 9.84 Å². The van der Waals surface area contributed by atoms with Crippen molar-refractivity contribution >= 4 is 5.91 Å². The van der Waals surface area contributed by atoms with Crippen LogP contribution in [-0.4, -0.2) is 42.4 Å². The topological polar surface area (TPSA) is 49.8 Å². The molecule has 1 aromatic carbocycles. The molecule has 0 heterocycles. The largest absolute Gasteiger partial charge is 0.396 e. The molecule has 0 aromatic heterocycles. The molecule has 1 N–H and O–H groups in total. The van der Waals surface area contributed by atoms with E-state index >= 15 is 0 Å². The van der Waals surface area contributed by atoms with Crippen molar-refractivity contribution in [3.63, 3.8) is 0 Å². The van der Waals surface area contributed by atoms with Gasteiger partial charge in [-0.2, -0.15) is 0 Å². The van der Waals surface area contributed by atoms with Crippen molar-refractivity contribution in [2.75, 3.05) is 26.5 Å². The van der Waals surface area contributed by atoms with Gasteiger partial charge < -0.3 is 14.7 Å². The molecular formula is C27H55NO3. The molecule has 0 saturated heterocycles. The number of rotatable bonds is 8. The van der Waals surface area contributed by atoms with E-state index in [0.29, 0.717) is 26.3 Å². The first-order valence-electron chi connectivity index (χ1n) is 12.0. The van der Waals surface area contributed by atoms with Crippen molar-refractivity contribution in [3.8, 4) is 0 Å². The molecular weight excluding hydrogens is 386 g/mol. The molecule has 0 spiro atoms. The molecule has 0 unspecified atom stereocenters. The highest BCUT2D eigenvalue weighted by atomic mass is 16.5. The Morgan fingerprint density at radius 1 is 0.968 bits per heavy atom. The van der Waals surface area contributed by atoms with Crippen LogP contribution in [-0.2, 0) is 16.0 Å². The molecule has 0 bridgehead atoms. The number of carbonyl (C=O) groups excluding carboxylic acids is 1. The normalized spacial score (nSPS) is 8.55. The van der Waals surface area contributed by atoms with Gasteiger partial charge in [-0.3, -0.25) is 4.79 Å². The minimum absolute atomic E-state index is 0. The van der Waals surface area contributed by atoms with Gasteiger partial charge >= 0.3 is 0 Å². The van der Waals surface area contributed by atoms with Crippen LogP contribution in [0.5, 0.6) is 0 Å². The summed E-state index contributed by atoms with van der Waals surface area (Å²) in [6.45, 7) is 25.3. The fourth-order valence-corrected chi connectivity index (χ4v) is 1.96. The number of benzene rings is 1. The summed E-state index contributed by atoms with van der Waals surface area (Å²) >= 11 is 0. The van der Waals surface area contributed by atoms with Gasteiger partial charge in [-0.15, -0.1) is 0 Å². The molecule has 1 rings (SSSR count). The lowest BCUT2D eigenvalue weighted by Gasteiger charge is -2.22. The second-order valence-corrected chi connectivity index (χ2v) is 6.23. The van der Waals surface area contributed by atoms with Gasteiger partial charge in [-0.1, -0.05) is 83.9 Å². The second-order valence-electron chi connectivity index (χ2n) is 6.23. The molecule has 4 nitrogen and oxygen atoms in total. The number of hydrogen-bond acceptors (Lipinski definition) is 3. The third kappa shape index (κ3) is 21.4. The average molecular weight is 442 g/mol. The number of carbonyl (C=O) groups is 1. The molecule has 1 amide bonds. The quantitative estimate of drug-likeness (QED) is 0.337. The smallest absolute Gasteiger partial charge is 0.251 e. The maximum atomic E-state index is 12.0. The van der Waals surface area contributed by atoms with E-state index in [0.717, 1.165) is 17.6 Å². The molecule has 0 aliphatic heterocycles. The lowest BCUT2D eigenvalue weighted by atomic mass is 10.1. The molecule has 0 radical (unpaired) electrons. The Morgan fingerprint density at radius 2 is 1.45 bits per heavy atom. The van der Waals surface area contributed by atoms with Gasteiger partial charge in [0.1, 0.15) is 6.73 Å². The number of allylic oxidation sites excluding steroid dienone is 1. The highest BCUT2D eigenvalue weighted by Gasteiger charge is 2.15. The first-order chi connectivity index (χ1) is 14.9. The van der Waals surface area contributed by atoms with Crippen LogP contribution >= 0.6 is 0 Å². The minimum atomic E-state index is -0.0121. The number of aryl methyl sites for hydroxylation is 2. The maximum absolute atomic E-state index is 12.0. The molecule has 186 valence electrons. The molecule has 1 aromatic rings. The van der Waals surface area contributed by atoms with Gasteiger partial charge in [0.05, 0.1) is 0 Å². The summed E-state index contributed by atoms with van der Waals surface area (Å²) in [4.78, 5) is 13.6. The average Bonchev–Trinajstić information content (AvgIpc) is 2.83. The van der Waals surface area contributed by atoms with E-state index in [1.807, 2.05) is 69.2 Å². The van der Waals surface area contributed by atoms with Gasteiger partial charge in [0.2, 0.25) is 0 Å². The van der Waals surface area contributed by atoms with Crippen molar-refractivity contribution in [1.29, 1.82) is 0 Å². The van der Waals surface area contributed by atoms with E-state index in [2.05, 4.69) is 38.1 Å². The van der Waals surface area contributed by atoms with Crippen LogP contribution in [0.2, 0.25) is 0 Å². The lowest BCUT2D eigenvalue weighted by Crippen LogP contribution is -2.35. The molecule has 0 fully saturated rings. The summed E-state index contributed by atoms with van der Waals surface area (Å²) in [5, 5.41) is 8.78. The number of aliphatic hydroxyl groups is 1. The number of nitrogens with zero attached hydrogens (tertiary/aromatic N) is 1. The molecule has 0 saturated carbocycles. The van der Waals surface area contributed by atoms with Gasteiger partial charge in [-0.25, -0.2) is 0 Å². The summed E-state index contributed by atoms with van der Waals surface area (Å²) in [6.07, 6.45) is 1.72. The van der Waals surface area contributed by atoms with Crippen molar-refractivity contribution in [3.05, 3.63) is 46.5 Å². The van der Waals surface area contributed by atoms with Crippen LogP contribution in [0.4, 0.5) is 0 Å². The molecule has 0 aliphatic carbocycles. The van der Waals surface area contributed by atoms with E-state index in [9.17, 15) is 4.79 Å². The van der Waals surface area contributed by atoms with E-state index < -0.39 is 0 Å². The predicted octanol–water partition coefficient (Wildman–Crippen LogP) is 7.43. The van der Waals surface area contributed by atoms with Crippen molar-refractivity contribution in [1.82, 2.24) is 4.90 Å². The minimum Gasteiger partial charge on any atom is -0.396 e. The lowest BCUT2D eigenvalue weighted by molar-refractivity contribution is -0.132. The predicted molar refractivity (Wildman–Crippen MR) is 141 cm³/mol. The molecule has 0 aliphatic rings. The Morgan fingerprint density at radius 3 is 1.81 bits per heavy atom. The summed E-state index contributed by atoms with van der Waals surface area (Å²) in [5.41, 5.74) is 4.51. The van der Waals surface area contributed by atoms with Gasteiger partial charge in [0.25, 0.3) is 5.91 Å². The second kappa shape index (κ2) is 28.4. The zero-order valence-corrected chi connectivity index (χ0v) is 22.8. The summed E-state index contributed by atoms with van der Waals surface area (Å²) in [6, 6.07) is 8.66. The first kappa shape index (κ1) is 36.7. The molecule has 0 atom stereocenters. The zero-order valence-electron chi connectivity index (χ0n) is 22.8. The number of ether oxygens (including phenoxy) is 1. The van der Waals surface area contributed by atoms with E-state index in [1.54, 1.807) is 4.90 Å². The number of amides is 1. The van der Waals surface area contributed by atoms with Gasteiger partial charge in [0.15, 0.2) is 0 Å². The SMILES string of the molecule is CC.CC.CC.CCOCN(CCCO)C(=O)C(C)=C(C)C.CCc1ccc(C)cc1.[HH]. The van der Waals surface area contributed by atoms with Crippen LogP contribution < -0.4 is 0 Å². The Labute approximate surface area is 196 Å². The van der Waals surface area contributed by atoms with E-state index in [-0.39, 0.29) is 13.9 Å². The maximum Gasteiger partial charge on any atom is 0.251 e. The Kier molecular flexibility index (Phi) is 33.6. The highest BCUT2D eigenvalue weighted by molar-refractivity contribution is 5.93. The zero-order chi connectivity index (χ0) is 25.2. The Hall–Kier alpha value is -1.65. The summed E-state index contributed by atoms with van der Waals surface area (Å²) in [5.74, 6) is -0.0121. The van der Waals surface area contributed by atoms with Crippen LogP contribution in [0, 0.1) is 6.92 Å². The van der Waals surface area contributed by atoms with Crippen molar-refractivity contribution in [2.45, 2.75) is 95.9 Å². The highest BCUT2D eigenvalue weighted by Crippen LogP contribution is 2.08. The van der Waals surface area contributed by atoms with Crippen molar-refractivity contribution in [2.24, 2.45) is 0 Å². The van der Waals surface area contributed by atoms with Crippen LogP contribution in [0.25, 0.3) is 0 Å². The van der Waals surface area contributed by atoms with Crippen LogP contribution in [0.3, 0.4) is 0 Å². The van der Waals surface area contributed by atoms with Crippen LogP contribution in [0.15, 0.2) is 35.4 Å². The number of aliphatic hydroxyl groups excluding tert-OH is 1. The van der Waals surface area contributed by atoms with Gasteiger partial charge in [0, 0.05) is 26.8 Å². The first-order valence-corrected chi connectivity index (χ1v) is 12.0. The third-order valence-electron chi connectivity index (χ3n) is 3.92. The fourth-order valence-electron chi connectivity index (χ4n) is 1.96. The third-order valence-corrected chi connectivity index (χ3v) is 3.92. The summed E-state index contributed by atoms with van der Waals surface area (Å²) < 4.78 is 5.24. The van der Waals surface area contributed by atoms with E-state index in [1.165, 1.54) is 11.1 Å². The fraction of sp³-hybridized carbons (Fsp3) is 0.667. The monoisotopic (exact) mass is 441 g/mol. The molecule has 4 heteroatoms.